The Morgan fingerprint density at radius 2 is 1.71 bits per heavy atom. The van der Waals surface area contributed by atoms with Crippen LogP contribution in [0.3, 0.4) is 0 Å². The molecule has 1 saturated heterocycles. The minimum absolute atomic E-state index is 0.0812. The first-order chi connectivity index (χ1) is 7.78. The largest absolute Gasteiger partial charge is 0.549 e. The molecule has 0 unspecified atom stereocenters. The second-order valence-electron chi connectivity index (χ2n) is 5.12. The summed E-state index contributed by atoms with van der Waals surface area (Å²) in [6, 6.07) is 0. The van der Waals surface area contributed by atoms with Gasteiger partial charge in [-0.1, -0.05) is 0 Å². The second kappa shape index (κ2) is 5.35. The predicted octanol–water partition coefficient (Wildman–Crippen LogP) is -0.711. The van der Waals surface area contributed by atoms with Crippen LogP contribution in [0.4, 0.5) is 4.79 Å². The van der Waals surface area contributed by atoms with Crippen LogP contribution in [0.15, 0.2) is 0 Å². The molecule has 0 spiro atoms. The van der Waals surface area contributed by atoms with Crippen molar-refractivity contribution in [3.8, 4) is 0 Å². The Hall–Kier alpha value is -1.30. The lowest BCUT2D eigenvalue weighted by Crippen LogP contribution is -2.52. The smallest absolute Gasteiger partial charge is 0.410 e. The lowest BCUT2D eigenvalue weighted by molar-refractivity contribution is -0.306. The summed E-state index contributed by atoms with van der Waals surface area (Å²) in [5, 5.41) is 10.4. The van der Waals surface area contributed by atoms with E-state index in [9.17, 15) is 14.7 Å². The molecule has 1 aliphatic rings. The number of carbonyl (C=O) groups is 2. The minimum Gasteiger partial charge on any atom is -0.549 e. The molecule has 1 heterocycles. The molecule has 0 bridgehead atoms. The molecule has 0 saturated carbocycles. The van der Waals surface area contributed by atoms with E-state index in [1.165, 1.54) is 0 Å². The van der Waals surface area contributed by atoms with Gasteiger partial charge in [-0.15, -0.1) is 0 Å². The van der Waals surface area contributed by atoms with Gasteiger partial charge < -0.3 is 19.5 Å². The van der Waals surface area contributed by atoms with Crippen LogP contribution in [0, 0.1) is 0 Å². The van der Waals surface area contributed by atoms with E-state index in [0.717, 1.165) is 0 Å². The maximum absolute atomic E-state index is 11.7. The van der Waals surface area contributed by atoms with E-state index in [1.54, 1.807) is 9.80 Å². The van der Waals surface area contributed by atoms with Crippen LogP contribution in [0.2, 0.25) is 0 Å². The third-order valence-electron chi connectivity index (χ3n) is 2.38. The standard InChI is InChI=1S/C11H20N2O4/c1-11(2,3)17-10(16)13-6-4-12(5-7-13)8-9(14)15/h4-8H2,1-3H3,(H,14,15)/p-1. The number of nitrogens with zero attached hydrogens (tertiary/aromatic N) is 2. The van der Waals surface area contributed by atoms with Crippen LogP contribution in [0.25, 0.3) is 0 Å². The average Bonchev–Trinajstić information content (AvgIpc) is 2.15. The molecule has 6 heteroatoms. The molecule has 1 amide bonds. The second-order valence-corrected chi connectivity index (χ2v) is 5.12. The Labute approximate surface area is 101 Å². The van der Waals surface area contributed by atoms with Crippen LogP contribution in [-0.2, 0) is 9.53 Å². The molecule has 0 aromatic rings. The highest BCUT2D eigenvalue weighted by Crippen LogP contribution is 2.11. The first kappa shape index (κ1) is 13.8. The normalized spacial score (nSPS) is 17.9. The Morgan fingerprint density at radius 1 is 1.18 bits per heavy atom. The Balaban J connectivity index is 2.36. The molecule has 17 heavy (non-hydrogen) atoms. The summed E-state index contributed by atoms with van der Waals surface area (Å²) in [7, 11) is 0. The van der Waals surface area contributed by atoms with Crippen molar-refractivity contribution in [3.05, 3.63) is 0 Å². The number of aliphatic carboxylic acids is 1. The Bertz CT molecular complexity index is 290. The first-order valence-electron chi connectivity index (χ1n) is 5.68. The fourth-order valence-electron chi connectivity index (χ4n) is 1.60. The first-order valence-corrected chi connectivity index (χ1v) is 5.68. The summed E-state index contributed by atoms with van der Waals surface area (Å²) in [5.41, 5.74) is -0.501. The van der Waals surface area contributed by atoms with Crippen molar-refractivity contribution in [2.75, 3.05) is 32.7 Å². The molecule has 0 aliphatic carbocycles. The van der Waals surface area contributed by atoms with Gasteiger partial charge in [-0.05, 0) is 20.8 Å². The summed E-state index contributed by atoms with van der Waals surface area (Å²) in [6.45, 7) is 7.42. The van der Waals surface area contributed by atoms with Crippen molar-refractivity contribution < 1.29 is 19.4 Å². The van der Waals surface area contributed by atoms with Crippen LogP contribution < -0.4 is 5.11 Å². The van der Waals surface area contributed by atoms with Gasteiger partial charge in [-0.3, -0.25) is 4.90 Å². The Morgan fingerprint density at radius 3 is 2.12 bits per heavy atom. The zero-order chi connectivity index (χ0) is 13.1. The van der Waals surface area contributed by atoms with Gasteiger partial charge in [0.25, 0.3) is 0 Å². The van der Waals surface area contributed by atoms with E-state index in [4.69, 9.17) is 4.74 Å². The van der Waals surface area contributed by atoms with Crippen molar-refractivity contribution in [2.24, 2.45) is 0 Å². The molecule has 1 rings (SSSR count). The van der Waals surface area contributed by atoms with E-state index >= 15 is 0 Å². The predicted molar refractivity (Wildman–Crippen MR) is 59.3 cm³/mol. The molecule has 0 N–H and O–H groups in total. The molecular formula is C11H19N2O4-. The van der Waals surface area contributed by atoms with Gasteiger partial charge in [0.1, 0.15) is 5.60 Å². The average molecular weight is 243 g/mol. The number of ether oxygens (including phenoxy) is 1. The molecule has 1 fully saturated rings. The highest BCUT2D eigenvalue weighted by atomic mass is 16.6. The third kappa shape index (κ3) is 5.04. The molecule has 0 aromatic heterocycles. The van der Waals surface area contributed by atoms with Gasteiger partial charge in [-0.2, -0.15) is 0 Å². The zero-order valence-corrected chi connectivity index (χ0v) is 10.6. The highest BCUT2D eigenvalue weighted by molar-refractivity contribution is 5.68. The summed E-state index contributed by atoms with van der Waals surface area (Å²) < 4.78 is 5.23. The van der Waals surface area contributed by atoms with E-state index in [0.29, 0.717) is 26.2 Å². The molecule has 1 aliphatic heterocycles. The van der Waals surface area contributed by atoms with Gasteiger partial charge in [0.05, 0.1) is 5.97 Å². The van der Waals surface area contributed by atoms with Gasteiger partial charge >= 0.3 is 6.09 Å². The Kier molecular flexibility index (Phi) is 4.34. The number of carbonyl (C=O) groups excluding carboxylic acids is 2. The number of carboxylic acid groups (broad SMARTS) is 1. The molecule has 6 nitrogen and oxygen atoms in total. The highest BCUT2D eigenvalue weighted by Gasteiger charge is 2.25. The lowest BCUT2D eigenvalue weighted by atomic mass is 10.2. The molecule has 98 valence electrons. The monoisotopic (exact) mass is 243 g/mol. The van der Waals surface area contributed by atoms with E-state index < -0.39 is 11.6 Å². The maximum atomic E-state index is 11.7. The number of hydrogen-bond acceptors (Lipinski definition) is 5. The van der Waals surface area contributed by atoms with Gasteiger partial charge in [0.15, 0.2) is 0 Å². The summed E-state index contributed by atoms with van der Waals surface area (Å²) in [4.78, 5) is 25.5. The number of rotatable bonds is 2. The van der Waals surface area contributed by atoms with Crippen molar-refractivity contribution in [3.63, 3.8) is 0 Å². The van der Waals surface area contributed by atoms with Crippen molar-refractivity contribution >= 4 is 12.1 Å². The van der Waals surface area contributed by atoms with Gasteiger partial charge in [0.2, 0.25) is 0 Å². The van der Waals surface area contributed by atoms with Crippen molar-refractivity contribution in [1.29, 1.82) is 0 Å². The van der Waals surface area contributed by atoms with Gasteiger partial charge in [0, 0.05) is 32.7 Å². The van der Waals surface area contributed by atoms with Crippen molar-refractivity contribution in [1.82, 2.24) is 9.80 Å². The van der Waals surface area contributed by atoms with Crippen LogP contribution in [0.1, 0.15) is 20.8 Å². The van der Waals surface area contributed by atoms with E-state index in [2.05, 4.69) is 0 Å². The minimum atomic E-state index is -1.09. The number of piperazine rings is 1. The SMILES string of the molecule is CC(C)(C)OC(=O)N1CCN(CC(=O)[O-])CC1. The summed E-state index contributed by atoms with van der Waals surface area (Å²) >= 11 is 0. The number of hydrogen-bond donors (Lipinski definition) is 0. The number of carboxylic acids is 1. The van der Waals surface area contributed by atoms with E-state index in [1.807, 2.05) is 20.8 Å². The third-order valence-corrected chi connectivity index (χ3v) is 2.38. The van der Waals surface area contributed by atoms with Crippen LogP contribution in [0.5, 0.6) is 0 Å². The summed E-state index contributed by atoms with van der Waals surface area (Å²) in [6.07, 6.45) is -0.342. The molecule has 0 aromatic carbocycles. The zero-order valence-electron chi connectivity index (χ0n) is 10.6. The summed E-state index contributed by atoms with van der Waals surface area (Å²) in [5.74, 6) is -1.09. The van der Waals surface area contributed by atoms with Crippen molar-refractivity contribution in [2.45, 2.75) is 26.4 Å². The molecule has 0 radical (unpaired) electrons. The van der Waals surface area contributed by atoms with Crippen LogP contribution >= 0.6 is 0 Å². The fourth-order valence-corrected chi connectivity index (χ4v) is 1.60. The topological polar surface area (TPSA) is 72.9 Å². The maximum Gasteiger partial charge on any atom is 0.410 e. The lowest BCUT2D eigenvalue weighted by Gasteiger charge is -2.35. The number of amides is 1. The molecule has 0 atom stereocenters. The fraction of sp³-hybridized carbons (Fsp3) is 0.818. The van der Waals surface area contributed by atoms with Crippen LogP contribution in [-0.4, -0.2) is 60.2 Å². The quantitative estimate of drug-likeness (QED) is 0.640. The van der Waals surface area contributed by atoms with E-state index in [-0.39, 0.29) is 12.6 Å². The van der Waals surface area contributed by atoms with Gasteiger partial charge in [-0.25, -0.2) is 4.79 Å². The molecular weight excluding hydrogens is 224 g/mol.